The van der Waals surface area contributed by atoms with Gasteiger partial charge in [-0.1, -0.05) is 30.4 Å². The van der Waals surface area contributed by atoms with Crippen LogP contribution in [0.1, 0.15) is 12.1 Å². The lowest BCUT2D eigenvalue weighted by Crippen LogP contribution is -2.23. The molecule has 96 valence electrons. The van der Waals surface area contributed by atoms with Gasteiger partial charge in [0.1, 0.15) is 0 Å². The molecule has 2 N–H and O–H groups in total. The van der Waals surface area contributed by atoms with Crippen molar-refractivity contribution in [2.45, 2.75) is 13.0 Å². The van der Waals surface area contributed by atoms with E-state index in [1.807, 2.05) is 23.9 Å². The van der Waals surface area contributed by atoms with Crippen LogP contribution in [0, 0.1) is 0 Å². The molecule has 2 rings (SSSR count). The molecule has 0 atom stereocenters. The SMILES string of the molecule is CN(CCC(N)=S)Cc1nn(C)c2ccccc12. The number of benzene rings is 1. The summed E-state index contributed by atoms with van der Waals surface area (Å²) in [5.41, 5.74) is 7.77. The first-order valence-corrected chi connectivity index (χ1v) is 6.36. The van der Waals surface area contributed by atoms with E-state index in [2.05, 4.69) is 29.2 Å². The molecule has 0 amide bonds. The molecule has 0 spiro atoms. The van der Waals surface area contributed by atoms with Crippen molar-refractivity contribution in [1.82, 2.24) is 14.7 Å². The van der Waals surface area contributed by atoms with Crippen LogP contribution in [0.5, 0.6) is 0 Å². The smallest absolute Gasteiger partial charge is 0.0843 e. The molecule has 2 aromatic rings. The molecular formula is C13H18N4S. The Hall–Kier alpha value is -1.46. The molecule has 0 aliphatic heterocycles. The Bertz CT molecular complexity index is 561. The van der Waals surface area contributed by atoms with Crippen molar-refractivity contribution in [3.8, 4) is 0 Å². The van der Waals surface area contributed by atoms with Crippen LogP contribution in [-0.2, 0) is 13.6 Å². The van der Waals surface area contributed by atoms with Crippen LogP contribution >= 0.6 is 12.2 Å². The molecule has 0 bridgehead atoms. The molecule has 0 fully saturated rings. The van der Waals surface area contributed by atoms with Crippen molar-refractivity contribution in [3.05, 3.63) is 30.0 Å². The zero-order valence-corrected chi connectivity index (χ0v) is 11.6. The summed E-state index contributed by atoms with van der Waals surface area (Å²) in [7, 11) is 4.03. The minimum atomic E-state index is 0.563. The molecule has 0 aliphatic rings. The highest BCUT2D eigenvalue weighted by Crippen LogP contribution is 2.18. The second-order valence-corrected chi connectivity index (χ2v) is 5.07. The predicted octanol–water partition coefficient (Wildman–Crippen LogP) is 1.68. The summed E-state index contributed by atoms with van der Waals surface area (Å²) in [6, 6.07) is 8.27. The Morgan fingerprint density at radius 1 is 1.44 bits per heavy atom. The summed E-state index contributed by atoms with van der Waals surface area (Å²) in [5.74, 6) is 0. The third-order valence-electron chi connectivity index (χ3n) is 2.99. The van der Waals surface area contributed by atoms with Crippen molar-refractivity contribution >= 4 is 28.1 Å². The Morgan fingerprint density at radius 3 is 2.89 bits per heavy atom. The van der Waals surface area contributed by atoms with Crippen LogP contribution in [0.25, 0.3) is 10.9 Å². The van der Waals surface area contributed by atoms with Crippen LogP contribution in [0.3, 0.4) is 0 Å². The zero-order valence-electron chi connectivity index (χ0n) is 10.8. The summed E-state index contributed by atoms with van der Waals surface area (Å²) >= 11 is 4.89. The lowest BCUT2D eigenvalue weighted by molar-refractivity contribution is 0.333. The van der Waals surface area contributed by atoms with E-state index in [9.17, 15) is 0 Å². The predicted molar refractivity (Wildman–Crippen MR) is 78.5 cm³/mol. The van der Waals surface area contributed by atoms with Crippen LogP contribution in [0.15, 0.2) is 24.3 Å². The van der Waals surface area contributed by atoms with Crippen LogP contribution in [0.2, 0.25) is 0 Å². The first-order valence-electron chi connectivity index (χ1n) is 5.95. The number of para-hydroxylation sites is 1. The van der Waals surface area contributed by atoms with E-state index in [0.29, 0.717) is 4.99 Å². The van der Waals surface area contributed by atoms with E-state index in [4.69, 9.17) is 18.0 Å². The highest BCUT2D eigenvalue weighted by molar-refractivity contribution is 7.80. The fourth-order valence-electron chi connectivity index (χ4n) is 2.04. The molecule has 0 unspecified atom stereocenters. The van der Waals surface area contributed by atoms with Gasteiger partial charge in [-0.25, -0.2) is 0 Å². The van der Waals surface area contributed by atoms with Gasteiger partial charge in [-0.2, -0.15) is 5.10 Å². The molecule has 0 saturated carbocycles. The molecule has 1 heterocycles. The van der Waals surface area contributed by atoms with Gasteiger partial charge in [0, 0.05) is 31.9 Å². The van der Waals surface area contributed by atoms with Crippen molar-refractivity contribution in [3.63, 3.8) is 0 Å². The van der Waals surface area contributed by atoms with Crippen LogP contribution in [0.4, 0.5) is 0 Å². The highest BCUT2D eigenvalue weighted by atomic mass is 32.1. The monoisotopic (exact) mass is 262 g/mol. The zero-order chi connectivity index (χ0) is 13.1. The molecular weight excluding hydrogens is 244 g/mol. The van der Waals surface area contributed by atoms with Gasteiger partial charge in [0.2, 0.25) is 0 Å². The molecule has 1 aromatic carbocycles. The first kappa shape index (κ1) is 13.0. The minimum Gasteiger partial charge on any atom is -0.393 e. The summed E-state index contributed by atoms with van der Waals surface area (Å²) in [5, 5.41) is 5.78. The number of aromatic nitrogens is 2. The van der Waals surface area contributed by atoms with Gasteiger partial charge < -0.3 is 10.6 Å². The van der Waals surface area contributed by atoms with E-state index in [1.165, 1.54) is 5.39 Å². The van der Waals surface area contributed by atoms with Crippen LogP contribution in [-0.4, -0.2) is 33.3 Å². The van der Waals surface area contributed by atoms with Crippen molar-refractivity contribution in [1.29, 1.82) is 0 Å². The van der Waals surface area contributed by atoms with E-state index < -0.39 is 0 Å². The number of thiocarbonyl (C=S) groups is 1. The molecule has 0 radical (unpaired) electrons. The second-order valence-electron chi connectivity index (χ2n) is 4.54. The topological polar surface area (TPSA) is 47.1 Å². The van der Waals surface area contributed by atoms with E-state index in [-0.39, 0.29) is 0 Å². The van der Waals surface area contributed by atoms with Crippen molar-refractivity contribution in [2.24, 2.45) is 12.8 Å². The molecule has 4 nitrogen and oxygen atoms in total. The summed E-state index contributed by atoms with van der Waals surface area (Å²) in [4.78, 5) is 2.75. The van der Waals surface area contributed by atoms with Gasteiger partial charge >= 0.3 is 0 Å². The highest BCUT2D eigenvalue weighted by Gasteiger charge is 2.10. The summed E-state index contributed by atoms with van der Waals surface area (Å²) in [6.45, 7) is 1.67. The minimum absolute atomic E-state index is 0.563. The Balaban J connectivity index is 2.14. The first-order chi connectivity index (χ1) is 8.58. The number of fused-ring (bicyclic) bond motifs is 1. The maximum absolute atomic E-state index is 5.51. The van der Waals surface area contributed by atoms with Gasteiger partial charge in [0.05, 0.1) is 16.2 Å². The Morgan fingerprint density at radius 2 is 2.17 bits per heavy atom. The fourth-order valence-corrected chi connectivity index (χ4v) is 2.13. The van der Waals surface area contributed by atoms with E-state index in [0.717, 1.165) is 30.7 Å². The van der Waals surface area contributed by atoms with Crippen molar-refractivity contribution < 1.29 is 0 Å². The normalized spacial score (nSPS) is 11.3. The number of nitrogens with zero attached hydrogens (tertiary/aromatic N) is 3. The molecule has 0 saturated heterocycles. The maximum Gasteiger partial charge on any atom is 0.0843 e. The molecule has 0 aliphatic carbocycles. The van der Waals surface area contributed by atoms with Gasteiger partial charge in [-0.3, -0.25) is 4.68 Å². The lowest BCUT2D eigenvalue weighted by atomic mass is 10.2. The number of nitrogens with two attached hydrogens (primary N) is 1. The van der Waals surface area contributed by atoms with Crippen molar-refractivity contribution in [2.75, 3.05) is 13.6 Å². The largest absolute Gasteiger partial charge is 0.393 e. The fraction of sp³-hybridized carbons (Fsp3) is 0.385. The second kappa shape index (κ2) is 5.46. The standard InChI is InChI=1S/C13H18N4S/c1-16(8-7-13(14)18)9-11-10-5-3-4-6-12(10)17(2)15-11/h3-6H,7-9H2,1-2H3,(H2,14,18). The number of rotatable bonds is 5. The van der Waals surface area contributed by atoms with E-state index in [1.54, 1.807) is 0 Å². The Labute approximate surface area is 112 Å². The van der Waals surface area contributed by atoms with E-state index >= 15 is 0 Å². The lowest BCUT2D eigenvalue weighted by Gasteiger charge is -2.14. The number of hydrogen-bond donors (Lipinski definition) is 1. The third kappa shape index (κ3) is 2.86. The average molecular weight is 262 g/mol. The third-order valence-corrected chi connectivity index (χ3v) is 3.20. The average Bonchev–Trinajstić information content (AvgIpc) is 2.65. The van der Waals surface area contributed by atoms with Gasteiger partial charge in [0.15, 0.2) is 0 Å². The summed E-state index contributed by atoms with van der Waals surface area (Å²) in [6.07, 6.45) is 0.747. The molecule has 18 heavy (non-hydrogen) atoms. The molecule has 1 aromatic heterocycles. The van der Waals surface area contributed by atoms with Crippen LogP contribution < -0.4 is 5.73 Å². The number of hydrogen-bond acceptors (Lipinski definition) is 3. The summed E-state index contributed by atoms with van der Waals surface area (Å²) < 4.78 is 1.92. The quantitative estimate of drug-likeness (QED) is 0.833. The van der Waals surface area contributed by atoms with Gasteiger partial charge in [0.25, 0.3) is 0 Å². The van der Waals surface area contributed by atoms with Gasteiger partial charge in [-0.15, -0.1) is 0 Å². The van der Waals surface area contributed by atoms with Gasteiger partial charge in [-0.05, 0) is 13.1 Å². The molecule has 5 heteroatoms. The Kier molecular flexibility index (Phi) is 3.93. The maximum atomic E-state index is 5.51. The number of aryl methyl sites for hydroxylation is 1.